The molecule has 0 saturated carbocycles. The van der Waals surface area contributed by atoms with Gasteiger partial charge in [0.2, 0.25) is 10.0 Å². The third-order valence-electron chi connectivity index (χ3n) is 3.75. The summed E-state index contributed by atoms with van der Waals surface area (Å²) in [4.78, 5) is 0.106. The molecule has 0 radical (unpaired) electrons. The summed E-state index contributed by atoms with van der Waals surface area (Å²) in [7, 11) is -3.59. The number of nitrogens with zero attached hydrogens (tertiary/aromatic N) is 1. The summed E-state index contributed by atoms with van der Waals surface area (Å²) in [6.45, 7) is 1.26. The molecule has 118 valence electrons. The Morgan fingerprint density at radius 2 is 1.57 bits per heavy atom. The number of benzene rings is 1. The summed E-state index contributed by atoms with van der Waals surface area (Å²) in [5, 5.41) is 0.549. The lowest BCUT2D eigenvalue weighted by Gasteiger charge is -2.25. The Kier molecular flexibility index (Phi) is 5.91. The topological polar surface area (TPSA) is 63.4 Å². The van der Waals surface area contributed by atoms with Crippen LogP contribution in [-0.2, 0) is 16.6 Å². The second kappa shape index (κ2) is 7.29. The molecule has 1 aromatic rings. The first-order chi connectivity index (χ1) is 9.96. The van der Waals surface area contributed by atoms with Crippen LogP contribution in [0.4, 0.5) is 0 Å². The highest BCUT2D eigenvalue weighted by Gasteiger charge is 2.27. The zero-order valence-electron chi connectivity index (χ0n) is 11.8. The fourth-order valence-electron chi connectivity index (χ4n) is 2.52. The van der Waals surface area contributed by atoms with E-state index in [0.717, 1.165) is 25.7 Å². The molecule has 1 aliphatic rings. The lowest BCUT2D eigenvalue weighted by Crippen LogP contribution is -2.34. The molecule has 0 bridgehead atoms. The van der Waals surface area contributed by atoms with Gasteiger partial charge in [0.1, 0.15) is 4.90 Å². The molecule has 0 unspecified atom stereocenters. The lowest BCUT2D eigenvalue weighted by atomic mass is 10.1. The average molecular weight is 351 g/mol. The third kappa shape index (κ3) is 3.90. The largest absolute Gasteiger partial charge is 0.326 e. The number of rotatable bonds is 3. The number of halogens is 2. The van der Waals surface area contributed by atoms with Crippen molar-refractivity contribution in [1.82, 2.24) is 4.31 Å². The van der Waals surface area contributed by atoms with Crippen LogP contribution in [0.1, 0.15) is 37.7 Å². The Morgan fingerprint density at radius 3 is 2.14 bits per heavy atom. The van der Waals surface area contributed by atoms with Crippen LogP contribution in [0.5, 0.6) is 0 Å². The minimum atomic E-state index is -3.59. The first kappa shape index (κ1) is 17.0. The molecule has 1 fully saturated rings. The van der Waals surface area contributed by atoms with Gasteiger partial charge >= 0.3 is 0 Å². The third-order valence-corrected chi connectivity index (χ3v) is 6.47. The normalized spacial score (nSPS) is 18.2. The Bertz CT molecular complexity index is 597. The van der Waals surface area contributed by atoms with Crippen molar-refractivity contribution in [3.63, 3.8) is 0 Å². The Balaban J connectivity index is 2.38. The van der Waals surface area contributed by atoms with E-state index in [0.29, 0.717) is 23.7 Å². The van der Waals surface area contributed by atoms with Gasteiger partial charge in [-0.15, -0.1) is 0 Å². The molecule has 0 aliphatic carbocycles. The van der Waals surface area contributed by atoms with E-state index in [1.165, 1.54) is 22.9 Å². The summed E-state index contributed by atoms with van der Waals surface area (Å²) < 4.78 is 27.1. The number of hydrogen-bond acceptors (Lipinski definition) is 3. The van der Waals surface area contributed by atoms with Crippen LogP contribution in [0, 0.1) is 0 Å². The molecule has 4 nitrogen and oxygen atoms in total. The first-order valence-corrected chi connectivity index (χ1v) is 9.34. The van der Waals surface area contributed by atoms with Crippen molar-refractivity contribution < 1.29 is 8.42 Å². The van der Waals surface area contributed by atoms with Crippen molar-refractivity contribution in [2.75, 3.05) is 13.1 Å². The van der Waals surface area contributed by atoms with Crippen LogP contribution in [0.3, 0.4) is 0 Å². The lowest BCUT2D eigenvalue weighted by molar-refractivity contribution is 0.364. The second-order valence-electron chi connectivity index (χ2n) is 5.25. The molecule has 0 atom stereocenters. The molecular formula is C14H20Cl2N2O2S. The molecule has 7 heteroatoms. The molecule has 1 saturated heterocycles. The van der Waals surface area contributed by atoms with E-state index in [-0.39, 0.29) is 16.5 Å². The van der Waals surface area contributed by atoms with Gasteiger partial charge in [0.05, 0.1) is 5.02 Å². The molecule has 21 heavy (non-hydrogen) atoms. The summed E-state index contributed by atoms with van der Waals surface area (Å²) in [6.07, 6.45) is 5.07. The average Bonchev–Trinajstić information content (AvgIpc) is 2.37. The van der Waals surface area contributed by atoms with Crippen molar-refractivity contribution in [1.29, 1.82) is 0 Å². The van der Waals surface area contributed by atoms with Crippen molar-refractivity contribution in [3.05, 3.63) is 27.7 Å². The van der Waals surface area contributed by atoms with Gasteiger partial charge in [-0.1, -0.05) is 42.5 Å². The molecule has 1 aromatic carbocycles. The van der Waals surface area contributed by atoms with Crippen LogP contribution < -0.4 is 5.73 Å². The molecular weight excluding hydrogens is 331 g/mol. The van der Waals surface area contributed by atoms with Crippen LogP contribution >= 0.6 is 23.2 Å². The van der Waals surface area contributed by atoms with E-state index in [1.54, 1.807) is 0 Å². The van der Waals surface area contributed by atoms with Crippen molar-refractivity contribution in [2.24, 2.45) is 5.73 Å². The minimum absolute atomic E-state index is 0.106. The predicted molar refractivity (Wildman–Crippen MR) is 86.2 cm³/mol. The molecule has 1 heterocycles. The van der Waals surface area contributed by atoms with Gasteiger partial charge in [-0.2, -0.15) is 4.31 Å². The van der Waals surface area contributed by atoms with Gasteiger partial charge < -0.3 is 5.73 Å². The zero-order chi connectivity index (χ0) is 15.5. The molecule has 0 spiro atoms. The van der Waals surface area contributed by atoms with Crippen molar-refractivity contribution in [2.45, 2.75) is 43.5 Å². The maximum Gasteiger partial charge on any atom is 0.244 e. The minimum Gasteiger partial charge on any atom is -0.326 e. The van der Waals surface area contributed by atoms with Gasteiger partial charge in [-0.05, 0) is 30.5 Å². The number of hydrogen-bond donors (Lipinski definition) is 1. The van der Waals surface area contributed by atoms with E-state index in [4.69, 9.17) is 28.9 Å². The zero-order valence-corrected chi connectivity index (χ0v) is 14.1. The van der Waals surface area contributed by atoms with Crippen LogP contribution in [0.25, 0.3) is 0 Å². The van der Waals surface area contributed by atoms with E-state index < -0.39 is 10.0 Å². The standard InChI is InChI=1S/C14H20Cl2N2O2S/c15-12-9-13(16)14(8-11(12)10-17)21(19,20)18-6-4-2-1-3-5-7-18/h8-9H,1-7,10,17H2. The van der Waals surface area contributed by atoms with Crippen molar-refractivity contribution in [3.8, 4) is 0 Å². The van der Waals surface area contributed by atoms with Crippen LogP contribution in [0.2, 0.25) is 10.0 Å². The highest BCUT2D eigenvalue weighted by Crippen LogP contribution is 2.31. The molecule has 1 aliphatic heterocycles. The fraction of sp³-hybridized carbons (Fsp3) is 0.571. The smallest absolute Gasteiger partial charge is 0.244 e. The number of nitrogens with two attached hydrogens (primary N) is 1. The molecule has 0 amide bonds. The summed E-state index contributed by atoms with van der Waals surface area (Å²) in [5.41, 5.74) is 6.19. The van der Waals surface area contributed by atoms with Crippen molar-refractivity contribution >= 4 is 33.2 Å². The van der Waals surface area contributed by atoms with Gasteiger partial charge in [0, 0.05) is 24.7 Å². The summed E-state index contributed by atoms with van der Waals surface area (Å²) in [5.74, 6) is 0. The highest BCUT2D eigenvalue weighted by atomic mass is 35.5. The SMILES string of the molecule is NCc1cc(S(=O)(=O)N2CCCCCCC2)c(Cl)cc1Cl. The molecule has 0 aromatic heterocycles. The predicted octanol–water partition coefficient (Wildman–Crippen LogP) is 3.41. The molecule has 2 rings (SSSR count). The first-order valence-electron chi connectivity index (χ1n) is 7.15. The maximum absolute atomic E-state index is 12.8. The van der Waals surface area contributed by atoms with Crippen LogP contribution in [-0.4, -0.2) is 25.8 Å². The summed E-state index contributed by atoms with van der Waals surface area (Å²) in [6, 6.07) is 2.96. The van der Waals surface area contributed by atoms with E-state index in [1.807, 2.05) is 0 Å². The van der Waals surface area contributed by atoms with Gasteiger partial charge in [0.25, 0.3) is 0 Å². The summed E-state index contributed by atoms with van der Waals surface area (Å²) >= 11 is 12.1. The fourth-order valence-corrected chi connectivity index (χ4v) is 4.89. The van der Waals surface area contributed by atoms with Gasteiger partial charge in [-0.25, -0.2) is 8.42 Å². The van der Waals surface area contributed by atoms with E-state index in [9.17, 15) is 8.42 Å². The second-order valence-corrected chi connectivity index (χ2v) is 7.97. The Hall–Kier alpha value is -0.330. The van der Waals surface area contributed by atoms with Gasteiger partial charge in [0.15, 0.2) is 0 Å². The Labute approximate surface area is 136 Å². The van der Waals surface area contributed by atoms with E-state index >= 15 is 0 Å². The quantitative estimate of drug-likeness (QED) is 0.908. The Morgan fingerprint density at radius 1 is 1.00 bits per heavy atom. The van der Waals surface area contributed by atoms with E-state index in [2.05, 4.69) is 0 Å². The monoisotopic (exact) mass is 350 g/mol. The van der Waals surface area contributed by atoms with Gasteiger partial charge in [-0.3, -0.25) is 0 Å². The number of sulfonamides is 1. The van der Waals surface area contributed by atoms with Crippen LogP contribution in [0.15, 0.2) is 17.0 Å². The highest BCUT2D eigenvalue weighted by molar-refractivity contribution is 7.89. The maximum atomic E-state index is 12.8. The molecule has 2 N–H and O–H groups in total.